The zero-order valence-electron chi connectivity index (χ0n) is 17.1. The molecule has 8 heteroatoms. The second-order valence-corrected chi connectivity index (χ2v) is 7.60. The monoisotopic (exact) mass is 393 g/mol. The average Bonchev–Trinajstić information content (AvgIpc) is 3.28. The summed E-state index contributed by atoms with van der Waals surface area (Å²) in [5, 5.41) is 19.3. The molecule has 0 unspecified atom stereocenters. The number of piperidine rings is 1. The number of carbonyl (C=O) groups excluding carboxylic acids is 1. The number of benzene rings is 1. The Labute approximate surface area is 170 Å². The molecule has 0 radical (unpaired) electrons. The summed E-state index contributed by atoms with van der Waals surface area (Å²) in [6, 6.07) is 10.3. The van der Waals surface area contributed by atoms with Crippen LogP contribution in [0.4, 0.5) is 0 Å². The molecule has 29 heavy (non-hydrogen) atoms. The summed E-state index contributed by atoms with van der Waals surface area (Å²) in [7, 11) is 0. The lowest BCUT2D eigenvalue weighted by molar-refractivity contribution is 0.0945. The highest BCUT2D eigenvalue weighted by atomic mass is 16.2. The molecule has 3 heterocycles. The molecule has 1 aliphatic heterocycles. The molecule has 0 aliphatic carbocycles. The molecule has 1 fully saturated rings. The van der Waals surface area contributed by atoms with E-state index in [1.807, 2.05) is 60.5 Å². The summed E-state index contributed by atoms with van der Waals surface area (Å²) in [5.74, 6) is -0.203. The molecule has 0 spiro atoms. The Morgan fingerprint density at radius 2 is 1.97 bits per heavy atom. The number of aromatic nitrogens is 5. The molecule has 1 saturated heterocycles. The van der Waals surface area contributed by atoms with E-state index in [0.717, 1.165) is 54.3 Å². The summed E-state index contributed by atoms with van der Waals surface area (Å²) < 4.78 is 3.81. The van der Waals surface area contributed by atoms with E-state index >= 15 is 0 Å². The fourth-order valence-corrected chi connectivity index (χ4v) is 3.95. The first-order valence-electron chi connectivity index (χ1n) is 10.1. The van der Waals surface area contributed by atoms with Crippen molar-refractivity contribution in [1.82, 2.24) is 35.4 Å². The zero-order valence-corrected chi connectivity index (χ0v) is 17.1. The maximum atomic E-state index is 12.8. The Morgan fingerprint density at radius 1 is 1.21 bits per heavy atom. The maximum Gasteiger partial charge on any atom is 0.274 e. The van der Waals surface area contributed by atoms with Gasteiger partial charge in [0, 0.05) is 12.2 Å². The first-order chi connectivity index (χ1) is 14.0. The smallest absolute Gasteiger partial charge is 0.274 e. The minimum absolute atomic E-state index is 0.203. The summed E-state index contributed by atoms with van der Waals surface area (Å²) in [6.45, 7) is 8.25. The molecule has 1 amide bonds. The topological polar surface area (TPSA) is 89.7 Å². The average molecular weight is 393 g/mol. The molecule has 152 valence electrons. The number of aryl methyl sites for hydroxylation is 2. The van der Waals surface area contributed by atoms with Gasteiger partial charge in [0.15, 0.2) is 5.69 Å². The van der Waals surface area contributed by atoms with E-state index in [9.17, 15) is 4.79 Å². The van der Waals surface area contributed by atoms with Crippen molar-refractivity contribution >= 4 is 5.91 Å². The van der Waals surface area contributed by atoms with Crippen LogP contribution < -0.4 is 10.6 Å². The quantitative estimate of drug-likeness (QED) is 0.694. The van der Waals surface area contributed by atoms with Gasteiger partial charge in [-0.05, 0) is 64.4 Å². The SMILES string of the molecule is Cc1cc(C)n(-c2ccccc2CNC(=O)c2nnn(C3CCNCC3)c2C)n1. The van der Waals surface area contributed by atoms with Crippen LogP contribution in [0.1, 0.15) is 52.0 Å². The van der Waals surface area contributed by atoms with Crippen molar-refractivity contribution in [1.29, 1.82) is 0 Å². The standard InChI is InChI=1S/C21H27N7O/c1-14-12-15(2)27(25-14)19-7-5-4-6-17(19)13-23-21(29)20-16(3)28(26-24-20)18-8-10-22-11-9-18/h4-7,12,18,22H,8-11,13H2,1-3H3,(H,23,29). The minimum atomic E-state index is -0.203. The second-order valence-electron chi connectivity index (χ2n) is 7.60. The molecule has 8 nitrogen and oxygen atoms in total. The molecule has 0 saturated carbocycles. The third-order valence-corrected chi connectivity index (χ3v) is 5.47. The first kappa shape index (κ1) is 19.3. The van der Waals surface area contributed by atoms with E-state index < -0.39 is 0 Å². The van der Waals surface area contributed by atoms with Crippen LogP contribution in [-0.2, 0) is 6.54 Å². The summed E-state index contributed by atoms with van der Waals surface area (Å²) in [5.41, 5.74) is 5.20. The van der Waals surface area contributed by atoms with Crippen molar-refractivity contribution in [2.75, 3.05) is 13.1 Å². The highest BCUT2D eigenvalue weighted by Gasteiger charge is 2.23. The van der Waals surface area contributed by atoms with E-state index in [0.29, 0.717) is 18.3 Å². The van der Waals surface area contributed by atoms with E-state index in [4.69, 9.17) is 0 Å². The van der Waals surface area contributed by atoms with Gasteiger partial charge in [0.2, 0.25) is 0 Å². The van der Waals surface area contributed by atoms with Crippen molar-refractivity contribution in [2.45, 2.75) is 46.2 Å². The Morgan fingerprint density at radius 3 is 2.69 bits per heavy atom. The van der Waals surface area contributed by atoms with Gasteiger partial charge < -0.3 is 10.6 Å². The van der Waals surface area contributed by atoms with E-state index in [-0.39, 0.29) is 5.91 Å². The van der Waals surface area contributed by atoms with Gasteiger partial charge in [0.25, 0.3) is 5.91 Å². The van der Waals surface area contributed by atoms with Crippen LogP contribution in [-0.4, -0.2) is 43.8 Å². The highest BCUT2D eigenvalue weighted by Crippen LogP contribution is 2.21. The van der Waals surface area contributed by atoms with Crippen molar-refractivity contribution in [3.8, 4) is 5.69 Å². The van der Waals surface area contributed by atoms with Crippen molar-refractivity contribution in [3.05, 3.63) is 58.7 Å². The van der Waals surface area contributed by atoms with Gasteiger partial charge in [0.1, 0.15) is 0 Å². The van der Waals surface area contributed by atoms with E-state index in [2.05, 4.69) is 26.0 Å². The van der Waals surface area contributed by atoms with Crippen LogP contribution >= 0.6 is 0 Å². The number of carbonyl (C=O) groups is 1. The number of hydrogen-bond acceptors (Lipinski definition) is 5. The molecule has 2 N–H and O–H groups in total. The lowest BCUT2D eigenvalue weighted by Crippen LogP contribution is -2.30. The van der Waals surface area contributed by atoms with Crippen molar-refractivity contribution < 1.29 is 4.79 Å². The third kappa shape index (κ3) is 3.93. The highest BCUT2D eigenvalue weighted by molar-refractivity contribution is 5.93. The Kier molecular flexibility index (Phi) is 5.44. The van der Waals surface area contributed by atoms with Crippen LogP contribution in [0.15, 0.2) is 30.3 Å². The molecule has 3 aromatic rings. The number of amides is 1. The number of nitrogens with one attached hydrogen (secondary N) is 2. The van der Waals surface area contributed by atoms with Gasteiger partial charge in [-0.2, -0.15) is 5.10 Å². The van der Waals surface area contributed by atoms with Crippen LogP contribution in [0.5, 0.6) is 0 Å². The fraction of sp³-hybridized carbons (Fsp3) is 0.429. The molecule has 1 aromatic carbocycles. The number of para-hydroxylation sites is 1. The fourth-order valence-electron chi connectivity index (χ4n) is 3.95. The molecular formula is C21H27N7O. The second kappa shape index (κ2) is 8.16. The summed E-state index contributed by atoms with van der Waals surface area (Å²) >= 11 is 0. The summed E-state index contributed by atoms with van der Waals surface area (Å²) in [6.07, 6.45) is 2.00. The number of nitrogens with zero attached hydrogens (tertiary/aromatic N) is 5. The largest absolute Gasteiger partial charge is 0.346 e. The van der Waals surface area contributed by atoms with E-state index in [1.54, 1.807) is 0 Å². The van der Waals surface area contributed by atoms with E-state index in [1.165, 1.54) is 0 Å². The third-order valence-electron chi connectivity index (χ3n) is 5.47. The minimum Gasteiger partial charge on any atom is -0.346 e. The number of hydrogen-bond donors (Lipinski definition) is 2. The Hall–Kier alpha value is -3.00. The van der Waals surface area contributed by atoms with Gasteiger partial charge >= 0.3 is 0 Å². The first-order valence-corrected chi connectivity index (χ1v) is 10.1. The van der Waals surface area contributed by atoms with Crippen molar-refractivity contribution in [3.63, 3.8) is 0 Å². The Bertz CT molecular complexity index is 1010. The van der Waals surface area contributed by atoms with Crippen LogP contribution in [0.2, 0.25) is 0 Å². The normalized spacial score (nSPS) is 14.9. The maximum absolute atomic E-state index is 12.8. The van der Waals surface area contributed by atoms with Gasteiger partial charge in [0.05, 0.1) is 23.1 Å². The molecular weight excluding hydrogens is 366 g/mol. The molecule has 0 bridgehead atoms. The van der Waals surface area contributed by atoms with Crippen LogP contribution in [0.3, 0.4) is 0 Å². The zero-order chi connectivity index (χ0) is 20.4. The molecule has 4 rings (SSSR count). The lowest BCUT2D eigenvalue weighted by atomic mass is 10.1. The lowest BCUT2D eigenvalue weighted by Gasteiger charge is -2.23. The van der Waals surface area contributed by atoms with Crippen molar-refractivity contribution in [2.24, 2.45) is 0 Å². The molecule has 2 aromatic heterocycles. The van der Waals surface area contributed by atoms with Crippen LogP contribution in [0, 0.1) is 20.8 Å². The van der Waals surface area contributed by atoms with Gasteiger partial charge in [-0.15, -0.1) is 5.10 Å². The molecule has 1 aliphatic rings. The predicted octanol–water partition coefficient (Wildman–Crippen LogP) is 2.24. The number of rotatable bonds is 5. The van der Waals surface area contributed by atoms with Gasteiger partial charge in [-0.3, -0.25) is 4.79 Å². The van der Waals surface area contributed by atoms with Crippen LogP contribution in [0.25, 0.3) is 5.69 Å². The predicted molar refractivity (Wildman–Crippen MR) is 110 cm³/mol. The Balaban J connectivity index is 1.50. The van der Waals surface area contributed by atoms with Gasteiger partial charge in [-0.25, -0.2) is 9.36 Å². The van der Waals surface area contributed by atoms with Gasteiger partial charge in [-0.1, -0.05) is 23.4 Å². The summed E-state index contributed by atoms with van der Waals surface area (Å²) in [4.78, 5) is 12.8. The molecule has 0 atom stereocenters.